The van der Waals surface area contributed by atoms with Gasteiger partial charge in [0.1, 0.15) is 5.69 Å². The van der Waals surface area contributed by atoms with Crippen LogP contribution in [-0.2, 0) is 0 Å². The van der Waals surface area contributed by atoms with E-state index in [0.717, 1.165) is 37.0 Å². The molecule has 150 valence electrons. The van der Waals surface area contributed by atoms with Gasteiger partial charge in [0.05, 0.1) is 17.4 Å². The lowest BCUT2D eigenvalue weighted by Crippen LogP contribution is -2.27. The number of rotatable bonds is 3. The number of hydrogen-bond acceptors (Lipinski definition) is 4. The van der Waals surface area contributed by atoms with E-state index in [4.69, 9.17) is 11.6 Å². The normalized spacial score (nSPS) is 13.8. The first-order valence-electron chi connectivity index (χ1n) is 9.73. The van der Waals surface area contributed by atoms with Crippen LogP contribution < -0.4 is 5.56 Å². The zero-order valence-corrected chi connectivity index (χ0v) is 16.8. The van der Waals surface area contributed by atoms with Crippen molar-refractivity contribution in [3.63, 3.8) is 0 Å². The summed E-state index contributed by atoms with van der Waals surface area (Å²) in [6, 6.07) is 14.3. The second-order valence-corrected chi connectivity index (χ2v) is 7.77. The first-order valence-corrected chi connectivity index (χ1v) is 10.1. The molecule has 5 rings (SSSR count). The number of likely N-dealkylation sites (tertiary alicyclic amines) is 1. The molecule has 2 aromatic carbocycles. The Balaban J connectivity index is 1.44. The van der Waals surface area contributed by atoms with E-state index in [1.807, 2.05) is 17.0 Å². The van der Waals surface area contributed by atoms with E-state index in [1.165, 1.54) is 0 Å². The van der Waals surface area contributed by atoms with Gasteiger partial charge in [0.25, 0.3) is 11.5 Å². The molecule has 0 bridgehead atoms. The van der Waals surface area contributed by atoms with Crippen molar-refractivity contribution in [1.29, 1.82) is 0 Å². The summed E-state index contributed by atoms with van der Waals surface area (Å²) in [5, 5.41) is 9.71. The lowest BCUT2D eigenvalue weighted by atomic mass is 10.1. The van der Waals surface area contributed by atoms with Gasteiger partial charge in [0.15, 0.2) is 0 Å². The molecule has 1 saturated heterocycles. The largest absolute Gasteiger partial charge is 0.339 e. The Bertz CT molecular complexity index is 1300. The second-order valence-electron chi connectivity index (χ2n) is 7.34. The van der Waals surface area contributed by atoms with Crippen LogP contribution in [0.15, 0.2) is 59.5 Å². The molecule has 1 fully saturated rings. The summed E-state index contributed by atoms with van der Waals surface area (Å²) in [5.74, 6) is 0.0553. The van der Waals surface area contributed by atoms with Crippen molar-refractivity contribution in [1.82, 2.24) is 24.9 Å². The number of carbonyl (C=O) groups excluding carboxylic acids is 1. The number of benzene rings is 2. The van der Waals surface area contributed by atoms with Gasteiger partial charge in [-0.1, -0.05) is 16.8 Å². The standard InChI is InChI=1S/C22H18ClN5O2/c23-16-5-8-19-15(11-16)12-18(21(29)24-19)20-13-28(26-25-20)17-6-3-14(4-7-17)22(30)27-9-1-2-10-27/h3-8,11-13H,1-2,9-10H2,(H,24,29). The predicted molar refractivity (Wildman–Crippen MR) is 115 cm³/mol. The number of nitrogens with zero attached hydrogens (tertiary/aromatic N) is 4. The monoisotopic (exact) mass is 419 g/mol. The van der Waals surface area contributed by atoms with Crippen molar-refractivity contribution in [3.8, 4) is 16.9 Å². The number of H-pyrrole nitrogens is 1. The lowest BCUT2D eigenvalue weighted by Gasteiger charge is -2.15. The molecule has 1 aliphatic heterocycles. The fourth-order valence-corrected chi connectivity index (χ4v) is 3.92. The average molecular weight is 420 g/mol. The smallest absolute Gasteiger partial charge is 0.258 e. The highest BCUT2D eigenvalue weighted by Gasteiger charge is 2.19. The van der Waals surface area contributed by atoms with Crippen molar-refractivity contribution in [3.05, 3.63) is 75.7 Å². The molecule has 0 atom stereocenters. The molecular formula is C22H18ClN5O2. The number of pyridine rings is 1. The first kappa shape index (κ1) is 18.6. The maximum atomic E-state index is 12.5. The van der Waals surface area contributed by atoms with Gasteiger partial charge in [-0.25, -0.2) is 4.68 Å². The summed E-state index contributed by atoms with van der Waals surface area (Å²) < 4.78 is 1.58. The van der Waals surface area contributed by atoms with Crippen molar-refractivity contribution in [2.75, 3.05) is 13.1 Å². The summed E-state index contributed by atoms with van der Waals surface area (Å²) in [6.45, 7) is 1.64. The summed E-state index contributed by atoms with van der Waals surface area (Å²) in [6.07, 6.45) is 3.82. The number of fused-ring (bicyclic) bond motifs is 1. The highest BCUT2D eigenvalue weighted by atomic mass is 35.5. The number of hydrogen-bond donors (Lipinski definition) is 1. The second kappa shape index (κ2) is 7.42. The highest BCUT2D eigenvalue weighted by molar-refractivity contribution is 6.31. The van der Waals surface area contributed by atoms with Crippen molar-refractivity contribution >= 4 is 28.4 Å². The van der Waals surface area contributed by atoms with Gasteiger partial charge in [0, 0.05) is 34.6 Å². The fraction of sp³-hybridized carbons (Fsp3) is 0.182. The topological polar surface area (TPSA) is 83.9 Å². The molecule has 30 heavy (non-hydrogen) atoms. The molecule has 0 aliphatic carbocycles. The number of nitrogens with one attached hydrogen (secondary N) is 1. The fourth-order valence-electron chi connectivity index (χ4n) is 3.74. The SMILES string of the molecule is O=C(c1ccc(-n2cc(-c3cc4cc(Cl)ccc4[nH]c3=O)nn2)cc1)N1CCCC1. The van der Waals surface area contributed by atoms with Gasteiger partial charge in [-0.2, -0.15) is 0 Å². The molecule has 2 aromatic heterocycles. The molecule has 4 aromatic rings. The highest BCUT2D eigenvalue weighted by Crippen LogP contribution is 2.22. The van der Waals surface area contributed by atoms with Crippen LogP contribution in [0.2, 0.25) is 5.02 Å². The number of carbonyl (C=O) groups is 1. The number of aromatic nitrogens is 4. The molecular weight excluding hydrogens is 402 g/mol. The van der Waals surface area contributed by atoms with Gasteiger partial charge in [-0.3, -0.25) is 9.59 Å². The summed E-state index contributed by atoms with van der Waals surface area (Å²) >= 11 is 6.07. The van der Waals surface area contributed by atoms with E-state index in [-0.39, 0.29) is 11.5 Å². The Labute approximate surface area is 176 Å². The van der Waals surface area contributed by atoms with Gasteiger partial charge in [-0.05, 0) is 61.4 Å². The van der Waals surface area contributed by atoms with E-state index in [9.17, 15) is 9.59 Å². The maximum Gasteiger partial charge on any atom is 0.258 e. The van der Waals surface area contributed by atoms with E-state index in [1.54, 1.807) is 47.3 Å². The van der Waals surface area contributed by atoms with Crippen LogP contribution >= 0.6 is 11.6 Å². The molecule has 0 unspecified atom stereocenters. The molecule has 0 spiro atoms. The molecule has 1 N–H and O–H groups in total. The van der Waals surface area contributed by atoms with Crippen LogP contribution in [0.25, 0.3) is 27.8 Å². The third kappa shape index (κ3) is 3.37. The average Bonchev–Trinajstić information content (AvgIpc) is 3.46. The van der Waals surface area contributed by atoms with Crippen molar-refractivity contribution in [2.24, 2.45) is 0 Å². The zero-order chi connectivity index (χ0) is 20.7. The first-order chi connectivity index (χ1) is 14.6. The Kier molecular flexibility index (Phi) is 4.59. The third-order valence-corrected chi connectivity index (χ3v) is 5.58. The zero-order valence-electron chi connectivity index (χ0n) is 16.0. The van der Waals surface area contributed by atoms with E-state index in [0.29, 0.717) is 27.4 Å². The van der Waals surface area contributed by atoms with Gasteiger partial charge < -0.3 is 9.88 Å². The molecule has 0 radical (unpaired) electrons. The van der Waals surface area contributed by atoms with Crippen LogP contribution in [0.3, 0.4) is 0 Å². The molecule has 1 aliphatic rings. The Hall–Kier alpha value is -3.45. The van der Waals surface area contributed by atoms with Gasteiger partial charge in [-0.15, -0.1) is 5.10 Å². The Morgan fingerprint density at radius 3 is 2.57 bits per heavy atom. The summed E-state index contributed by atoms with van der Waals surface area (Å²) in [5.41, 5.74) is 2.74. The summed E-state index contributed by atoms with van der Waals surface area (Å²) in [7, 11) is 0. The minimum Gasteiger partial charge on any atom is -0.339 e. The molecule has 1 amide bonds. The van der Waals surface area contributed by atoms with E-state index in [2.05, 4.69) is 15.3 Å². The summed E-state index contributed by atoms with van der Waals surface area (Å²) in [4.78, 5) is 29.7. The van der Waals surface area contributed by atoms with Crippen LogP contribution in [0, 0.1) is 0 Å². The van der Waals surface area contributed by atoms with Crippen molar-refractivity contribution < 1.29 is 4.79 Å². The van der Waals surface area contributed by atoms with Crippen LogP contribution in [0.5, 0.6) is 0 Å². The van der Waals surface area contributed by atoms with E-state index < -0.39 is 0 Å². The van der Waals surface area contributed by atoms with Crippen LogP contribution in [0.4, 0.5) is 0 Å². The lowest BCUT2D eigenvalue weighted by molar-refractivity contribution is 0.0793. The molecule has 7 nitrogen and oxygen atoms in total. The number of amides is 1. The molecule has 0 saturated carbocycles. The Morgan fingerprint density at radius 2 is 1.80 bits per heavy atom. The van der Waals surface area contributed by atoms with Gasteiger partial charge >= 0.3 is 0 Å². The number of halogens is 1. The predicted octanol–water partition coefficient (Wildman–Crippen LogP) is 3.67. The quantitative estimate of drug-likeness (QED) is 0.549. The van der Waals surface area contributed by atoms with Crippen LogP contribution in [0.1, 0.15) is 23.2 Å². The Morgan fingerprint density at radius 1 is 1.03 bits per heavy atom. The minimum absolute atomic E-state index is 0.0553. The van der Waals surface area contributed by atoms with Gasteiger partial charge in [0.2, 0.25) is 0 Å². The van der Waals surface area contributed by atoms with Crippen molar-refractivity contribution in [2.45, 2.75) is 12.8 Å². The number of aromatic amines is 1. The van der Waals surface area contributed by atoms with Crippen LogP contribution in [-0.4, -0.2) is 43.9 Å². The molecule has 8 heteroatoms. The maximum absolute atomic E-state index is 12.5. The third-order valence-electron chi connectivity index (χ3n) is 5.35. The molecule has 3 heterocycles. The minimum atomic E-state index is -0.247. The van der Waals surface area contributed by atoms with E-state index >= 15 is 0 Å².